The summed E-state index contributed by atoms with van der Waals surface area (Å²) in [5.74, 6) is 0. The van der Waals surface area contributed by atoms with Crippen LogP contribution in [-0.2, 0) is 5.41 Å². The molecule has 0 amide bonds. The van der Waals surface area contributed by atoms with Gasteiger partial charge in [-0.2, -0.15) is 0 Å². The summed E-state index contributed by atoms with van der Waals surface area (Å²) in [4.78, 5) is 4.75. The Kier molecular flexibility index (Phi) is 4.55. The van der Waals surface area contributed by atoms with Crippen molar-refractivity contribution >= 4 is 11.6 Å². The van der Waals surface area contributed by atoms with E-state index in [2.05, 4.69) is 72.8 Å². The molecule has 0 aliphatic carbocycles. The highest BCUT2D eigenvalue weighted by Gasteiger charge is 2.40. The zero-order chi connectivity index (χ0) is 17.8. The summed E-state index contributed by atoms with van der Waals surface area (Å²) in [5.41, 5.74) is 3.67. The first-order chi connectivity index (χ1) is 12.8. The van der Waals surface area contributed by atoms with Gasteiger partial charge in [-0.05, 0) is 28.8 Å². The van der Waals surface area contributed by atoms with Gasteiger partial charge >= 0.3 is 0 Å². The Balaban J connectivity index is 2.17. The lowest BCUT2D eigenvalue weighted by Gasteiger charge is -2.36. The van der Waals surface area contributed by atoms with E-state index in [4.69, 9.17) is 16.6 Å². The molecular weight excluding hydrogens is 338 g/mol. The Hall–Kier alpha value is -2.90. The zero-order valence-electron chi connectivity index (χ0n) is 14.2. The lowest BCUT2D eigenvalue weighted by Crippen LogP contribution is -2.32. The molecule has 1 nitrogen and oxygen atoms in total. The van der Waals surface area contributed by atoms with Crippen LogP contribution >= 0.6 is 11.6 Å². The molecule has 0 radical (unpaired) electrons. The number of pyridine rings is 1. The quantitative estimate of drug-likeness (QED) is 0.402. The standard InChI is InChI=1S/C24H18ClN/c25-22-17-10-18-26-23(22)24(19-11-4-1-5-12-19,20-13-6-2-7-14-20)21-15-8-3-9-16-21/h1-18H. The molecular formula is C24H18ClN. The molecule has 4 rings (SSSR count). The summed E-state index contributed by atoms with van der Waals surface area (Å²) in [7, 11) is 0. The third kappa shape index (κ3) is 2.71. The minimum absolute atomic E-state index is 0.581. The largest absolute Gasteiger partial charge is 0.258 e. The maximum Gasteiger partial charge on any atom is 0.0889 e. The maximum absolute atomic E-state index is 6.70. The number of benzene rings is 3. The summed E-state index contributed by atoms with van der Waals surface area (Å²) < 4.78 is 0. The fourth-order valence-electron chi connectivity index (χ4n) is 3.64. The van der Waals surface area contributed by atoms with Crippen LogP contribution in [0.2, 0.25) is 5.02 Å². The van der Waals surface area contributed by atoms with Gasteiger partial charge in [-0.1, -0.05) is 103 Å². The number of nitrogens with zero attached hydrogens (tertiary/aromatic N) is 1. The Morgan fingerprint density at radius 1 is 0.538 bits per heavy atom. The molecule has 3 aromatic carbocycles. The maximum atomic E-state index is 6.70. The fourth-order valence-corrected chi connectivity index (χ4v) is 3.90. The van der Waals surface area contributed by atoms with Gasteiger partial charge in [0.2, 0.25) is 0 Å². The van der Waals surface area contributed by atoms with E-state index in [1.807, 2.05) is 36.5 Å². The average molecular weight is 356 g/mol. The van der Waals surface area contributed by atoms with Gasteiger partial charge in [0, 0.05) is 6.20 Å². The van der Waals surface area contributed by atoms with Crippen molar-refractivity contribution in [1.29, 1.82) is 0 Å². The number of rotatable bonds is 4. The fraction of sp³-hybridized carbons (Fsp3) is 0.0417. The molecule has 0 atom stereocenters. The molecule has 4 aromatic rings. The van der Waals surface area contributed by atoms with Crippen molar-refractivity contribution in [2.24, 2.45) is 0 Å². The smallest absolute Gasteiger partial charge is 0.0889 e. The topological polar surface area (TPSA) is 12.9 Å². The van der Waals surface area contributed by atoms with E-state index in [9.17, 15) is 0 Å². The molecule has 2 heteroatoms. The Morgan fingerprint density at radius 2 is 0.962 bits per heavy atom. The van der Waals surface area contributed by atoms with Crippen molar-refractivity contribution in [2.45, 2.75) is 5.41 Å². The van der Waals surface area contributed by atoms with Crippen LogP contribution in [0.1, 0.15) is 22.4 Å². The summed E-state index contributed by atoms with van der Waals surface area (Å²) >= 11 is 6.70. The zero-order valence-corrected chi connectivity index (χ0v) is 15.0. The monoisotopic (exact) mass is 355 g/mol. The molecule has 0 bridgehead atoms. The van der Waals surface area contributed by atoms with Crippen molar-refractivity contribution in [3.05, 3.63) is 137 Å². The van der Waals surface area contributed by atoms with Crippen LogP contribution < -0.4 is 0 Å². The second-order valence-corrected chi connectivity index (χ2v) is 6.59. The normalized spacial score (nSPS) is 11.3. The van der Waals surface area contributed by atoms with Crippen LogP contribution in [0.5, 0.6) is 0 Å². The molecule has 126 valence electrons. The van der Waals surface area contributed by atoms with Gasteiger partial charge in [0.1, 0.15) is 0 Å². The molecule has 0 unspecified atom stereocenters. The van der Waals surface area contributed by atoms with E-state index >= 15 is 0 Å². The summed E-state index contributed by atoms with van der Waals surface area (Å²) in [6.45, 7) is 0. The molecule has 0 saturated heterocycles. The van der Waals surface area contributed by atoms with E-state index in [1.165, 1.54) is 0 Å². The van der Waals surface area contributed by atoms with Crippen LogP contribution in [0.25, 0.3) is 0 Å². The van der Waals surface area contributed by atoms with E-state index < -0.39 is 5.41 Å². The van der Waals surface area contributed by atoms with Crippen LogP contribution in [0.3, 0.4) is 0 Å². The Morgan fingerprint density at radius 3 is 1.35 bits per heavy atom. The Bertz CT molecular complexity index is 885. The lowest BCUT2D eigenvalue weighted by atomic mass is 9.67. The van der Waals surface area contributed by atoms with Gasteiger partial charge in [0.15, 0.2) is 0 Å². The van der Waals surface area contributed by atoms with Crippen LogP contribution in [0.4, 0.5) is 0 Å². The predicted octanol–water partition coefficient (Wildman–Crippen LogP) is 6.12. The van der Waals surface area contributed by atoms with Crippen molar-refractivity contribution < 1.29 is 0 Å². The number of aromatic nitrogens is 1. The molecule has 0 spiro atoms. The first-order valence-corrected chi connectivity index (χ1v) is 8.99. The van der Waals surface area contributed by atoms with E-state index in [-0.39, 0.29) is 0 Å². The SMILES string of the molecule is Clc1cccnc1C(c1ccccc1)(c1ccccc1)c1ccccc1. The van der Waals surface area contributed by atoms with Gasteiger partial charge in [0.05, 0.1) is 16.1 Å². The highest BCUT2D eigenvalue weighted by molar-refractivity contribution is 6.31. The van der Waals surface area contributed by atoms with Crippen molar-refractivity contribution in [3.8, 4) is 0 Å². The molecule has 0 aliphatic heterocycles. The van der Waals surface area contributed by atoms with Crippen molar-refractivity contribution in [3.63, 3.8) is 0 Å². The third-order valence-corrected chi connectivity index (χ3v) is 5.04. The summed E-state index contributed by atoms with van der Waals surface area (Å²) in [6, 6.07) is 35.1. The lowest BCUT2D eigenvalue weighted by molar-refractivity contribution is 0.714. The highest BCUT2D eigenvalue weighted by Crippen LogP contribution is 2.46. The van der Waals surface area contributed by atoms with E-state index in [0.717, 1.165) is 22.4 Å². The molecule has 1 aromatic heterocycles. The summed E-state index contributed by atoms with van der Waals surface area (Å²) in [6.07, 6.45) is 1.81. The molecule has 0 fully saturated rings. The third-order valence-electron chi connectivity index (χ3n) is 4.73. The van der Waals surface area contributed by atoms with Gasteiger partial charge in [0.25, 0.3) is 0 Å². The number of halogens is 1. The Labute approximate surface area is 158 Å². The van der Waals surface area contributed by atoms with Crippen LogP contribution in [0.15, 0.2) is 109 Å². The van der Waals surface area contributed by atoms with Gasteiger partial charge in [-0.3, -0.25) is 4.98 Å². The minimum atomic E-state index is -0.581. The molecule has 1 heterocycles. The first kappa shape index (κ1) is 16.6. The highest BCUT2D eigenvalue weighted by atomic mass is 35.5. The van der Waals surface area contributed by atoms with Crippen molar-refractivity contribution in [1.82, 2.24) is 4.98 Å². The second-order valence-electron chi connectivity index (χ2n) is 6.18. The summed E-state index contributed by atoms with van der Waals surface area (Å²) in [5, 5.41) is 0.657. The predicted molar refractivity (Wildman–Crippen MR) is 108 cm³/mol. The second kappa shape index (κ2) is 7.15. The van der Waals surface area contributed by atoms with Crippen LogP contribution in [-0.4, -0.2) is 4.98 Å². The molecule has 26 heavy (non-hydrogen) atoms. The first-order valence-electron chi connectivity index (χ1n) is 8.61. The average Bonchev–Trinajstić information content (AvgIpc) is 2.72. The molecule has 0 N–H and O–H groups in total. The van der Waals surface area contributed by atoms with Gasteiger partial charge in [-0.25, -0.2) is 0 Å². The number of hydrogen-bond acceptors (Lipinski definition) is 1. The minimum Gasteiger partial charge on any atom is -0.258 e. The van der Waals surface area contributed by atoms with E-state index in [0.29, 0.717) is 5.02 Å². The van der Waals surface area contributed by atoms with Crippen molar-refractivity contribution in [2.75, 3.05) is 0 Å². The number of hydrogen-bond donors (Lipinski definition) is 0. The molecule has 0 saturated carbocycles. The van der Waals surface area contributed by atoms with Gasteiger partial charge < -0.3 is 0 Å². The molecule has 0 aliphatic rings. The van der Waals surface area contributed by atoms with E-state index in [1.54, 1.807) is 0 Å². The van der Waals surface area contributed by atoms with Crippen LogP contribution in [0, 0.1) is 0 Å². The van der Waals surface area contributed by atoms with Gasteiger partial charge in [-0.15, -0.1) is 0 Å².